The van der Waals surface area contributed by atoms with Crippen molar-refractivity contribution in [1.82, 2.24) is 9.71 Å². The summed E-state index contributed by atoms with van der Waals surface area (Å²) in [5, 5.41) is 29.2. The van der Waals surface area contributed by atoms with Gasteiger partial charge in [-0.2, -0.15) is 9.98 Å². The highest BCUT2D eigenvalue weighted by Crippen LogP contribution is 2.37. The molecule has 192 valence electrons. The summed E-state index contributed by atoms with van der Waals surface area (Å²) in [7, 11) is -4.04. The predicted octanol–water partition coefficient (Wildman–Crippen LogP) is 3.41. The molecule has 1 aromatic heterocycles. The average molecular weight is 526 g/mol. The Morgan fingerprint density at radius 1 is 1.31 bits per heavy atom. The van der Waals surface area contributed by atoms with Crippen LogP contribution in [0.5, 0.6) is 0 Å². The third-order valence-electron chi connectivity index (χ3n) is 5.80. The first-order chi connectivity index (χ1) is 16.2. The Bertz CT molecular complexity index is 1240. The van der Waals surface area contributed by atoms with Gasteiger partial charge in [0.1, 0.15) is 34.8 Å². The number of ether oxygens (including phenoxy) is 1. The lowest BCUT2D eigenvalue weighted by atomic mass is 9.84. The minimum absolute atomic E-state index is 0.000613. The van der Waals surface area contributed by atoms with Crippen LogP contribution >= 0.6 is 11.3 Å². The molecular weight excluding hydrogens is 493 g/mol. The Kier molecular flexibility index (Phi) is 8.06. The lowest BCUT2D eigenvalue weighted by Crippen LogP contribution is -2.29. The first kappa shape index (κ1) is 27.6. The summed E-state index contributed by atoms with van der Waals surface area (Å²) in [6.07, 6.45) is -1.00. The van der Waals surface area contributed by atoms with Crippen LogP contribution in [0.2, 0.25) is 0 Å². The van der Waals surface area contributed by atoms with E-state index in [-0.39, 0.29) is 51.8 Å². The number of nitrogens with zero attached hydrogens (tertiary/aromatic N) is 2. The SMILES string of the molecule is CC(C)c1cc(C#N)c(F)c(C(C)C)c1CC1OC1NS(=O)(=O)c1sc(C(C)(C)O)nc1CCO. The van der Waals surface area contributed by atoms with E-state index < -0.39 is 33.8 Å². The molecule has 1 aromatic carbocycles. The Morgan fingerprint density at radius 3 is 2.49 bits per heavy atom. The number of aliphatic hydroxyl groups is 2. The normalized spacial score (nSPS) is 18.3. The van der Waals surface area contributed by atoms with Gasteiger partial charge in [0.15, 0.2) is 4.21 Å². The van der Waals surface area contributed by atoms with Gasteiger partial charge in [0.2, 0.25) is 0 Å². The van der Waals surface area contributed by atoms with Crippen LogP contribution in [0.1, 0.15) is 86.3 Å². The Balaban J connectivity index is 1.88. The summed E-state index contributed by atoms with van der Waals surface area (Å²) in [6.45, 7) is 10.4. The third-order valence-corrected chi connectivity index (χ3v) is 9.18. The molecule has 3 rings (SSSR count). The molecule has 2 aromatic rings. The highest BCUT2D eigenvalue weighted by atomic mass is 32.2. The summed E-state index contributed by atoms with van der Waals surface area (Å²) in [6, 6.07) is 3.50. The van der Waals surface area contributed by atoms with Gasteiger partial charge in [-0.1, -0.05) is 27.7 Å². The van der Waals surface area contributed by atoms with Crippen LogP contribution in [-0.2, 0) is 33.2 Å². The van der Waals surface area contributed by atoms with E-state index in [2.05, 4.69) is 9.71 Å². The van der Waals surface area contributed by atoms with Gasteiger partial charge in [-0.05, 0) is 48.4 Å². The van der Waals surface area contributed by atoms with Gasteiger partial charge >= 0.3 is 0 Å². The number of sulfonamides is 1. The van der Waals surface area contributed by atoms with Crippen molar-refractivity contribution in [2.24, 2.45) is 0 Å². The number of aliphatic hydroxyl groups excluding tert-OH is 1. The van der Waals surface area contributed by atoms with E-state index in [1.165, 1.54) is 13.8 Å². The molecule has 1 aliphatic heterocycles. The number of hydrogen-bond donors (Lipinski definition) is 3. The van der Waals surface area contributed by atoms with Gasteiger partial charge < -0.3 is 14.9 Å². The third kappa shape index (κ3) is 5.90. The number of epoxide rings is 1. The summed E-state index contributed by atoms with van der Waals surface area (Å²) in [5.74, 6) is -0.692. The molecule has 8 nitrogen and oxygen atoms in total. The number of halogens is 1. The molecule has 11 heteroatoms. The second kappa shape index (κ2) is 10.2. The minimum atomic E-state index is -4.04. The molecular formula is C24H32FN3O5S2. The molecule has 2 unspecified atom stereocenters. The van der Waals surface area contributed by atoms with Crippen molar-refractivity contribution in [1.29, 1.82) is 5.26 Å². The molecule has 3 N–H and O–H groups in total. The van der Waals surface area contributed by atoms with Crippen LogP contribution in [0.4, 0.5) is 4.39 Å². The standard InChI is InChI=1S/C24H32FN3O5S2/c1-12(2)15-9-14(11-26)20(25)19(13(3)4)16(15)10-18-21(33-18)28-35(31,32)22-17(7-8-29)27-23(34-22)24(5,6)30/h9,12-13,18,21,28-30H,7-8,10H2,1-6H3. The Hall–Kier alpha value is -1.94. The van der Waals surface area contributed by atoms with Gasteiger partial charge in [-0.25, -0.2) is 17.8 Å². The van der Waals surface area contributed by atoms with Crippen LogP contribution in [-0.4, -0.2) is 42.6 Å². The van der Waals surface area contributed by atoms with Crippen LogP contribution in [0.15, 0.2) is 10.3 Å². The van der Waals surface area contributed by atoms with E-state index >= 15 is 4.39 Å². The van der Waals surface area contributed by atoms with Crippen molar-refractivity contribution in [3.8, 4) is 6.07 Å². The molecule has 0 saturated carbocycles. The smallest absolute Gasteiger partial charge is 0.254 e. The molecule has 0 aliphatic carbocycles. The maximum atomic E-state index is 15.1. The lowest BCUT2D eigenvalue weighted by molar-refractivity contribution is 0.0780. The van der Waals surface area contributed by atoms with Crippen molar-refractivity contribution in [3.63, 3.8) is 0 Å². The number of nitriles is 1. The van der Waals surface area contributed by atoms with Crippen LogP contribution in [0.3, 0.4) is 0 Å². The number of thiazole rings is 1. The molecule has 1 aliphatic rings. The molecule has 0 bridgehead atoms. The first-order valence-corrected chi connectivity index (χ1v) is 13.8. The van der Waals surface area contributed by atoms with E-state index in [0.717, 1.165) is 22.5 Å². The zero-order chi connectivity index (χ0) is 26.3. The molecule has 2 atom stereocenters. The van der Waals surface area contributed by atoms with Crippen molar-refractivity contribution in [3.05, 3.63) is 44.8 Å². The van der Waals surface area contributed by atoms with E-state index in [4.69, 9.17) is 4.74 Å². The number of aromatic nitrogens is 1. The quantitative estimate of drug-likeness (QED) is 0.405. The highest BCUT2D eigenvalue weighted by Gasteiger charge is 2.44. The minimum Gasteiger partial charge on any atom is -0.396 e. The van der Waals surface area contributed by atoms with E-state index in [9.17, 15) is 23.9 Å². The van der Waals surface area contributed by atoms with Crippen LogP contribution in [0, 0.1) is 17.1 Å². The van der Waals surface area contributed by atoms with Gasteiger partial charge in [0, 0.05) is 19.4 Å². The average Bonchev–Trinajstić information content (AvgIpc) is 3.27. The number of hydrogen-bond acceptors (Lipinski definition) is 8. The molecule has 0 radical (unpaired) electrons. The summed E-state index contributed by atoms with van der Waals surface area (Å²) in [4.78, 5) is 4.22. The number of nitrogens with one attached hydrogen (secondary N) is 1. The Morgan fingerprint density at radius 2 is 1.97 bits per heavy atom. The fourth-order valence-electron chi connectivity index (χ4n) is 4.05. The molecule has 0 spiro atoms. The van der Waals surface area contributed by atoms with Gasteiger partial charge in [0.25, 0.3) is 10.0 Å². The van der Waals surface area contributed by atoms with Gasteiger partial charge in [-0.3, -0.25) is 0 Å². The summed E-state index contributed by atoms with van der Waals surface area (Å²) >= 11 is 0.849. The number of rotatable bonds is 10. The van der Waals surface area contributed by atoms with Crippen molar-refractivity contribution < 1.29 is 27.8 Å². The zero-order valence-corrected chi connectivity index (χ0v) is 22.3. The van der Waals surface area contributed by atoms with Crippen molar-refractivity contribution in [2.75, 3.05) is 6.61 Å². The van der Waals surface area contributed by atoms with E-state index in [1.807, 2.05) is 33.8 Å². The molecule has 1 fully saturated rings. The van der Waals surface area contributed by atoms with E-state index in [1.54, 1.807) is 6.07 Å². The topological polar surface area (TPSA) is 136 Å². The largest absolute Gasteiger partial charge is 0.396 e. The predicted molar refractivity (Wildman–Crippen MR) is 130 cm³/mol. The fraction of sp³-hybridized carbons (Fsp3) is 0.583. The molecule has 35 heavy (non-hydrogen) atoms. The van der Waals surface area contributed by atoms with Crippen LogP contribution in [0.25, 0.3) is 0 Å². The highest BCUT2D eigenvalue weighted by molar-refractivity contribution is 7.91. The molecule has 2 heterocycles. The fourth-order valence-corrected chi connectivity index (χ4v) is 6.79. The second-order valence-corrected chi connectivity index (χ2v) is 12.8. The zero-order valence-electron chi connectivity index (χ0n) is 20.7. The Labute approximate surface area is 209 Å². The monoisotopic (exact) mass is 525 g/mol. The molecule has 1 saturated heterocycles. The van der Waals surface area contributed by atoms with Crippen molar-refractivity contribution in [2.45, 2.75) is 88.4 Å². The molecule has 0 amide bonds. The second-order valence-electron chi connectivity index (χ2n) is 9.85. The summed E-state index contributed by atoms with van der Waals surface area (Å²) in [5.41, 5.74) is 0.874. The first-order valence-electron chi connectivity index (χ1n) is 11.5. The van der Waals surface area contributed by atoms with Crippen LogP contribution < -0.4 is 4.72 Å². The van der Waals surface area contributed by atoms with Crippen molar-refractivity contribution >= 4 is 21.4 Å². The summed E-state index contributed by atoms with van der Waals surface area (Å²) < 4.78 is 49.4. The maximum absolute atomic E-state index is 15.1. The van der Waals surface area contributed by atoms with Gasteiger partial charge in [0.05, 0.1) is 11.3 Å². The van der Waals surface area contributed by atoms with Gasteiger partial charge in [-0.15, -0.1) is 11.3 Å². The maximum Gasteiger partial charge on any atom is 0.254 e. The van der Waals surface area contributed by atoms with E-state index in [0.29, 0.717) is 5.56 Å². The number of benzene rings is 1. The lowest BCUT2D eigenvalue weighted by Gasteiger charge is -2.21.